The number of β-amino-alcohol motifs (C(OH)–C–C–N with tert-alkyl or cyclic N) is 1. The first kappa shape index (κ1) is 19.7. The number of aromatic nitrogens is 3. The van der Waals surface area contributed by atoms with Gasteiger partial charge >= 0.3 is 6.03 Å². The molecule has 8 nitrogen and oxygen atoms in total. The molecule has 1 unspecified atom stereocenters. The van der Waals surface area contributed by atoms with E-state index >= 15 is 0 Å². The van der Waals surface area contributed by atoms with Crippen molar-refractivity contribution in [1.82, 2.24) is 19.5 Å². The van der Waals surface area contributed by atoms with Crippen molar-refractivity contribution in [3.8, 4) is 0 Å². The summed E-state index contributed by atoms with van der Waals surface area (Å²) in [6.45, 7) is 2.83. The fourth-order valence-electron chi connectivity index (χ4n) is 4.34. The number of anilines is 2. The summed E-state index contributed by atoms with van der Waals surface area (Å²) in [6, 6.07) is 6.38. The Morgan fingerprint density at radius 3 is 2.84 bits per heavy atom. The lowest BCUT2D eigenvalue weighted by Gasteiger charge is -2.43. The van der Waals surface area contributed by atoms with E-state index in [1.165, 1.54) is 21.7 Å². The number of hydrogen-bond acceptors (Lipinski definition) is 5. The summed E-state index contributed by atoms with van der Waals surface area (Å²) in [5, 5.41) is 17.2. The lowest BCUT2D eigenvalue weighted by atomic mass is 9.98. The van der Waals surface area contributed by atoms with Gasteiger partial charge in [-0.1, -0.05) is 0 Å². The second-order valence-electron chi connectivity index (χ2n) is 8.41. The molecule has 1 aromatic carbocycles. The van der Waals surface area contributed by atoms with Crippen molar-refractivity contribution in [2.24, 2.45) is 0 Å². The molecule has 0 radical (unpaired) electrons. The molecule has 4 heterocycles. The minimum absolute atomic E-state index is 0.253. The van der Waals surface area contributed by atoms with Gasteiger partial charge in [0.15, 0.2) is 11.5 Å². The number of rotatable bonds is 3. The Balaban J connectivity index is 1.42. The van der Waals surface area contributed by atoms with Crippen molar-refractivity contribution in [3.63, 3.8) is 0 Å². The Morgan fingerprint density at radius 1 is 1.26 bits per heavy atom. The molecule has 0 saturated carbocycles. The highest BCUT2D eigenvalue weighted by molar-refractivity contribution is 5.89. The van der Waals surface area contributed by atoms with Crippen LogP contribution in [0.1, 0.15) is 31.4 Å². The second-order valence-corrected chi connectivity index (χ2v) is 8.41. The number of amides is 2. The van der Waals surface area contributed by atoms with Gasteiger partial charge in [0.25, 0.3) is 0 Å². The molecular formula is C21H22F2N6O2. The zero-order valence-electron chi connectivity index (χ0n) is 16.9. The third kappa shape index (κ3) is 3.56. The van der Waals surface area contributed by atoms with Crippen LogP contribution in [0.5, 0.6) is 0 Å². The molecule has 2 saturated heterocycles. The normalized spacial score (nSPS) is 20.2. The van der Waals surface area contributed by atoms with E-state index in [2.05, 4.69) is 15.4 Å². The molecule has 1 atom stereocenters. The zero-order valence-corrected chi connectivity index (χ0v) is 16.9. The molecule has 2 amide bonds. The number of halogens is 2. The summed E-state index contributed by atoms with van der Waals surface area (Å²) in [7, 11) is 0. The van der Waals surface area contributed by atoms with Crippen LogP contribution >= 0.6 is 0 Å². The minimum Gasteiger partial charge on any atom is -0.386 e. The molecule has 2 fully saturated rings. The average molecular weight is 428 g/mol. The van der Waals surface area contributed by atoms with Gasteiger partial charge in [-0.15, -0.1) is 5.10 Å². The maximum Gasteiger partial charge on any atom is 0.323 e. The number of carbonyl (C=O) groups is 1. The molecule has 2 aromatic heterocycles. The molecule has 31 heavy (non-hydrogen) atoms. The molecule has 2 aliphatic rings. The molecule has 10 heteroatoms. The van der Waals surface area contributed by atoms with E-state index in [0.717, 1.165) is 18.6 Å². The summed E-state index contributed by atoms with van der Waals surface area (Å²) in [5.41, 5.74) is -0.00938. The number of urea groups is 1. The quantitative estimate of drug-likeness (QED) is 0.670. The number of likely N-dealkylation sites (tertiary alicyclic amines) is 1. The average Bonchev–Trinajstić information content (AvgIpc) is 3.35. The van der Waals surface area contributed by atoms with Crippen molar-refractivity contribution in [1.29, 1.82) is 0 Å². The molecule has 3 aromatic rings. The Morgan fingerprint density at radius 2 is 2.06 bits per heavy atom. The van der Waals surface area contributed by atoms with Crippen molar-refractivity contribution < 1.29 is 18.7 Å². The van der Waals surface area contributed by atoms with Crippen LogP contribution in [0.15, 0.2) is 36.5 Å². The van der Waals surface area contributed by atoms with Crippen LogP contribution in [0.3, 0.4) is 0 Å². The van der Waals surface area contributed by atoms with Gasteiger partial charge in [-0.25, -0.2) is 18.6 Å². The number of benzene rings is 1. The number of aliphatic hydroxyl groups is 1. The van der Waals surface area contributed by atoms with Gasteiger partial charge in [-0.05, 0) is 50.1 Å². The van der Waals surface area contributed by atoms with Gasteiger partial charge in [0.05, 0.1) is 30.9 Å². The maximum atomic E-state index is 14.4. The topological polar surface area (TPSA) is 86.0 Å². The SMILES string of the molecule is CC1(O)CN(C(=O)Nc2cnc3ccc(N4CCCC4c4cc(F)ccc4F)nn23)C1. The highest BCUT2D eigenvalue weighted by Gasteiger charge is 2.39. The van der Waals surface area contributed by atoms with Crippen molar-refractivity contribution in [2.75, 3.05) is 29.9 Å². The first-order valence-corrected chi connectivity index (χ1v) is 10.2. The van der Waals surface area contributed by atoms with Gasteiger partial charge in [0.1, 0.15) is 17.5 Å². The summed E-state index contributed by atoms with van der Waals surface area (Å²) in [4.78, 5) is 20.1. The van der Waals surface area contributed by atoms with Crippen LogP contribution in [0, 0.1) is 11.6 Å². The largest absolute Gasteiger partial charge is 0.386 e. The highest BCUT2D eigenvalue weighted by Crippen LogP contribution is 2.36. The highest BCUT2D eigenvalue weighted by atomic mass is 19.1. The molecule has 0 aliphatic carbocycles. The first-order chi connectivity index (χ1) is 14.8. The van der Waals surface area contributed by atoms with Crippen LogP contribution in [0.25, 0.3) is 5.65 Å². The summed E-state index contributed by atoms with van der Waals surface area (Å²) >= 11 is 0. The molecular weight excluding hydrogens is 406 g/mol. The lowest BCUT2D eigenvalue weighted by molar-refractivity contribution is -0.0582. The monoisotopic (exact) mass is 428 g/mol. The number of fused-ring (bicyclic) bond motifs is 1. The predicted molar refractivity (Wildman–Crippen MR) is 110 cm³/mol. The van der Waals surface area contributed by atoms with Crippen molar-refractivity contribution >= 4 is 23.3 Å². The molecule has 2 N–H and O–H groups in total. The van der Waals surface area contributed by atoms with Gasteiger partial charge in [0, 0.05) is 12.1 Å². The lowest BCUT2D eigenvalue weighted by Crippen LogP contribution is -2.62. The summed E-state index contributed by atoms with van der Waals surface area (Å²) < 4.78 is 29.7. The van der Waals surface area contributed by atoms with Crippen LogP contribution in [-0.4, -0.2) is 55.9 Å². The third-order valence-electron chi connectivity index (χ3n) is 5.80. The number of hydrogen-bond donors (Lipinski definition) is 2. The van der Waals surface area contributed by atoms with Gasteiger partial charge in [0.2, 0.25) is 0 Å². The number of nitrogens with one attached hydrogen (secondary N) is 1. The van der Waals surface area contributed by atoms with E-state index in [0.29, 0.717) is 35.8 Å². The molecule has 2 aliphatic heterocycles. The van der Waals surface area contributed by atoms with Gasteiger partial charge < -0.3 is 14.9 Å². The smallest absolute Gasteiger partial charge is 0.323 e. The summed E-state index contributed by atoms with van der Waals surface area (Å²) in [6.07, 6.45) is 3.01. The second kappa shape index (κ2) is 7.16. The van der Waals surface area contributed by atoms with Crippen LogP contribution in [0.2, 0.25) is 0 Å². The van der Waals surface area contributed by atoms with E-state index in [1.807, 2.05) is 4.90 Å². The molecule has 0 spiro atoms. The van der Waals surface area contributed by atoms with Gasteiger partial charge in [-0.2, -0.15) is 4.52 Å². The van der Waals surface area contributed by atoms with E-state index in [-0.39, 0.29) is 25.2 Å². The first-order valence-electron chi connectivity index (χ1n) is 10.2. The number of carbonyl (C=O) groups excluding carboxylic acids is 1. The summed E-state index contributed by atoms with van der Waals surface area (Å²) in [5.74, 6) is 0.0525. The zero-order chi connectivity index (χ0) is 21.8. The van der Waals surface area contributed by atoms with Crippen LogP contribution in [0.4, 0.5) is 25.2 Å². The molecule has 5 rings (SSSR count). The Bertz CT molecular complexity index is 1160. The maximum absolute atomic E-state index is 14.4. The predicted octanol–water partition coefficient (Wildman–Crippen LogP) is 2.95. The third-order valence-corrected chi connectivity index (χ3v) is 5.80. The number of imidazole rings is 1. The minimum atomic E-state index is -0.862. The number of nitrogens with zero attached hydrogens (tertiary/aromatic N) is 5. The van der Waals surface area contributed by atoms with Crippen LogP contribution in [-0.2, 0) is 0 Å². The van der Waals surface area contributed by atoms with Crippen molar-refractivity contribution in [2.45, 2.75) is 31.4 Å². The Labute approximate surface area is 177 Å². The Hall–Kier alpha value is -3.27. The van der Waals surface area contributed by atoms with Crippen molar-refractivity contribution in [3.05, 3.63) is 53.7 Å². The van der Waals surface area contributed by atoms with Gasteiger partial charge in [-0.3, -0.25) is 5.32 Å². The van der Waals surface area contributed by atoms with Crippen LogP contribution < -0.4 is 10.2 Å². The van der Waals surface area contributed by atoms with E-state index in [9.17, 15) is 18.7 Å². The molecule has 162 valence electrons. The van der Waals surface area contributed by atoms with E-state index in [1.54, 1.807) is 19.1 Å². The van der Waals surface area contributed by atoms with E-state index in [4.69, 9.17) is 0 Å². The standard InChI is InChI=1S/C21H22F2N6O2/c1-21(31)11-27(12-21)20(30)25-19-10-24-17-6-7-18(26-29(17)19)28-8-2-3-16(28)14-9-13(22)4-5-15(14)23/h4-7,9-10,16,31H,2-3,8,11-12H2,1H3,(H,25,30). The Kier molecular flexibility index (Phi) is 4.54. The fraction of sp³-hybridized carbons (Fsp3) is 0.381. The molecule has 0 bridgehead atoms. The van der Waals surface area contributed by atoms with E-state index < -0.39 is 17.2 Å². The fourth-order valence-corrected chi connectivity index (χ4v) is 4.34.